The molecule has 0 unspecified atom stereocenters. The molecule has 0 radical (unpaired) electrons. The molecule has 7 heteroatoms. The molecule has 0 fully saturated rings. The summed E-state index contributed by atoms with van der Waals surface area (Å²) in [7, 11) is 0. The third-order valence-corrected chi connectivity index (χ3v) is 7.73. The number of nitrogens with zero attached hydrogens (tertiary/aromatic N) is 1. The molecule has 1 aromatic carbocycles. The van der Waals surface area contributed by atoms with Crippen molar-refractivity contribution >= 4 is 11.9 Å². The van der Waals surface area contributed by atoms with Gasteiger partial charge >= 0.3 is 5.97 Å². The second kappa shape index (κ2) is 12.2. The summed E-state index contributed by atoms with van der Waals surface area (Å²) in [4.78, 5) is 25.8. The predicted molar refractivity (Wildman–Crippen MR) is 144 cm³/mol. The lowest BCUT2D eigenvalue weighted by molar-refractivity contribution is -0.141. The predicted octanol–water partition coefficient (Wildman–Crippen LogP) is 5.77. The molecule has 2 aliphatic heterocycles. The van der Waals surface area contributed by atoms with Crippen molar-refractivity contribution in [3.05, 3.63) is 46.1 Å². The lowest BCUT2D eigenvalue weighted by Crippen LogP contribution is -2.49. The Morgan fingerprint density at radius 2 is 1.95 bits per heavy atom. The maximum atomic E-state index is 13.1. The normalized spacial score (nSPS) is 21.8. The molecular formula is C30H43NO6. The number of aliphatic carboxylic acids is 1. The van der Waals surface area contributed by atoms with Gasteiger partial charge in [-0.1, -0.05) is 36.6 Å². The molecule has 0 aliphatic carbocycles. The van der Waals surface area contributed by atoms with Gasteiger partial charge in [0.05, 0.1) is 24.1 Å². The van der Waals surface area contributed by atoms with Crippen molar-refractivity contribution in [1.82, 2.24) is 4.90 Å². The van der Waals surface area contributed by atoms with E-state index in [1.54, 1.807) is 11.8 Å². The van der Waals surface area contributed by atoms with E-state index in [1.165, 1.54) is 17.2 Å². The van der Waals surface area contributed by atoms with Crippen molar-refractivity contribution in [2.45, 2.75) is 104 Å². The molecule has 0 aromatic heterocycles. The minimum Gasteiger partial charge on any atom is -0.508 e. The molecule has 0 spiro atoms. The van der Waals surface area contributed by atoms with E-state index in [9.17, 15) is 19.8 Å². The minimum atomic E-state index is -0.825. The molecule has 3 atom stereocenters. The van der Waals surface area contributed by atoms with Crippen LogP contribution in [-0.4, -0.2) is 50.3 Å². The number of fused-ring (bicyclic) bond motifs is 3. The highest BCUT2D eigenvalue weighted by atomic mass is 16.5. The van der Waals surface area contributed by atoms with Gasteiger partial charge in [0.25, 0.3) is 5.91 Å². The first-order valence-electron chi connectivity index (χ1n) is 13.5. The lowest BCUT2D eigenvalue weighted by Gasteiger charge is -2.40. The number of carbonyl (C=O) groups is 2. The van der Waals surface area contributed by atoms with Crippen LogP contribution in [0, 0.1) is 5.92 Å². The standard InChI is InChI=1S/C30H43NO6/c1-19(2)10-8-11-20(3)12-9-14-30(5)26(33)17-23-25(32)16-22-24(27(23)37-30)18-31(28(22)34)15-7-6-13-21(4)29(35)36/h10,12,16,21,26,32-33H,6-9,11,13-15,17-18H2,1-5H3,(H,35,36)/t21-,26+,30+/m1/s1. The quantitative estimate of drug-likeness (QED) is 0.242. The van der Waals surface area contributed by atoms with Gasteiger partial charge in [-0.15, -0.1) is 0 Å². The first kappa shape index (κ1) is 28.8. The highest BCUT2D eigenvalue weighted by Crippen LogP contribution is 2.46. The Kier molecular flexibility index (Phi) is 9.46. The number of unbranched alkanes of at least 4 members (excludes halogenated alkanes) is 1. The van der Waals surface area contributed by atoms with Gasteiger partial charge in [0, 0.05) is 24.1 Å². The van der Waals surface area contributed by atoms with Crippen LogP contribution in [0.4, 0.5) is 0 Å². The van der Waals surface area contributed by atoms with Crippen molar-refractivity contribution < 1.29 is 29.6 Å². The van der Waals surface area contributed by atoms with Crippen LogP contribution >= 0.6 is 0 Å². The Morgan fingerprint density at radius 3 is 2.62 bits per heavy atom. The number of phenols is 1. The minimum absolute atomic E-state index is 0.0182. The van der Waals surface area contributed by atoms with Crippen molar-refractivity contribution in [3.63, 3.8) is 0 Å². The zero-order valence-electron chi connectivity index (χ0n) is 23.0. The number of carboxylic acids is 1. The van der Waals surface area contributed by atoms with Crippen LogP contribution in [0.25, 0.3) is 0 Å². The molecule has 2 aliphatic rings. The average molecular weight is 514 g/mol. The maximum absolute atomic E-state index is 13.1. The fourth-order valence-electron chi connectivity index (χ4n) is 5.11. The molecule has 0 saturated carbocycles. The monoisotopic (exact) mass is 513 g/mol. The summed E-state index contributed by atoms with van der Waals surface area (Å²) in [6.45, 7) is 10.8. The maximum Gasteiger partial charge on any atom is 0.306 e. The number of ether oxygens (including phenoxy) is 1. The molecule has 1 amide bonds. The number of hydrogen-bond donors (Lipinski definition) is 3. The molecule has 7 nitrogen and oxygen atoms in total. The number of aliphatic hydroxyl groups excluding tert-OH is 1. The SMILES string of the molecule is CC(C)=CCCC(C)=CCC[C@]1(C)Oc2c(c(O)cc3c2CN(CCCC[C@@H](C)C(=O)O)C3=O)C[C@@H]1O. The third-order valence-electron chi connectivity index (χ3n) is 7.73. The zero-order chi connectivity index (χ0) is 27.3. The van der Waals surface area contributed by atoms with E-state index in [1.807, 2.05) is 6.92 Å². The van der Waals surface area contributed by atoms with Crippen molar-refractivity contribution in [1.29, 1.82) is 0 Å². The Labute approximate surface area is 220 Å². The van der Waals surface area contributed by atoms with Gasteiger partial charge in [0.2, 0.25) is 0 Å². The molecule has 3 N–H and O–H groups in total. The van der Waals surface area contributed by atoms with Gasteiger partial charge in [0.1, 0.15) is 17.1 Å². The number of rotatable bonds is 12. The van der Waals surface area contributed by atoms with Gasteiger partial charge in [-0.25, -0.2) is 0 Å². The molecule has 0 bridgehead atoms. The Balaban J connectivity index is 1.68. The van der Waals surface area contributed by atoms with E-state index in [-0.39, 0.29) is 18.1 Å². The van der Waals surface area contributed by atoms with E-state index in [2.05, 4.69) is 32.9 Å². The summed E-state index contributed by atoms with van der Waals surface area (Å²) in [6, 6.07) is 1.50. The highest BCUT2D eigenvalue weighted by molar-refractivity contribution is 6.00. The van der Waals surface area contributed by atoms with Crippen molar-refractivity contribution in [2.24, 2.45) is 5.92 Å². The molecule has 3 rings (SSSR count). The van der Waals surface area contributed by atoms with Gasteiger partial charge in [-0.3, -0.25) is 9.59 Å². The molecule has 37 heavy (non-hydrogen) atoms. The summed E-state index contributed by atoms with van der Waals surface area (Å²) in [5.41, 5.74) is 3.58. The first-order valence-corrected chi connectivity index (χ1v) is 13.5. The fraction of sp³-hybridized carbons (Fsp3) is 0.600. The second-order valence-corrected chi connectivity index (χ2v) is 11.2. The van der Waals surface area contributed by atoms with E-state index in [4.69, 9.17) is 9.84 Å². The van der Waals surface area contributed by atoms with Gasteiger partial charge < -0.3 is 25.0 Å². The van der Waals surface area contributed by atoms with Crippen LogP contribution < -0.4 is 4.74 Å². The number of amides is 1. The van der Waals surface area contributed by atoms with E-state index >= 15 is 0 Å². The number of aromatic hydroxyl groups is 1. The lowest BCUT2D eigenvalue weighted by atomic mass is 9.84. The van der Waals surface area contributed by atoms with Crippen LogP contribution in [0.1, 0.15) is 101 Å². The zero-order valence-corrected chi connectivity index (χ0v) is 23.0. The van der Waals surface area contributed by atoms with Gasteiger partial charge in [-0.2, -0.15) is 0 Å². The molecule has 1 aromatic rings. The number of allylic oxidation sites excluding steroid dienone is 4. The second-order valence-electron chi connectivity index (χ2n) is 11.2. The summed E-state index contributed by atoms with van der Waals surface area (Å²) in [5, 5.41) is 30.7. The van der Waals surface area contributed by atoms with E-state index in [0.717, 1.165) is 31.2 Å². The molecule has 0 saturated heterocycles. The molecule has 2 heterocycles. The largest absolute Gasteiger partial charge is 0.508 e. The van der Waals surface area contributed by atoms with E-state index < -0.39 is 23.6 Å². The van der Waals surface area contributed by atoms with Crippen LogP contribution in [0.2, 0.25) is 0 Å². The number of aliphatic hydroxyl groups is 1. The van der Waals surface area contributed by atoms with E-state index in [0.29, 0.717) is 49.2 Å². The highest BCUT2D eigenvalue weighted by Gasteiger charge is 2.44. The van der Waals surface area contributed by atoms with Gasteiger partial charge in [-0.05, 0) is 72.3 Å². The van der Waals surface area contributed by atoms with Crippen molar-refractivity contribution in [2.75, 3.05) is 6.54 Å². The number of hydrogen-bond acceptors (Lipinski definition) is 5. The Morgan fingerprint density at radius 1 is 1.22 bits per heavy atom. The first-order chi connectivity index (χ1) is 17.4. The van der Waals surface area contributed by atoms with Crippen LogP contribution in [0.5, 0.6) is 11.5 Å². The topological polar surface area (TPSA) is 107 Å². The smallest absolute Gasteiger partial charge is 0.306 e. The Bertz CT molecular complexity index is 1070. The number of benzene rings is 1. The van der Waals surface area contributed by atoms with Crippen LogP contribution in [0.15, 0.2) is 29.4 Å². The number of phenolic OH excluding ortho intramolecular Hbond substituents is 1. The average Bonchev–Trinajstić information content (AvgIpc) is 3.13. The van der Waals surface area contributed by atoms with Gasteiger partial charge in [0.15, 0.2) is 0 Å². The summed E-state index contributed by atoms with van der Waals surface area (Å²) in [6.07, 6.45) is 9.36. The van der Waals surface area contributed by atoms with Crippen LogP contribution in [-0.2, 0) is 17.8 Å². The molecule has 204 valence electrons. The Hall–Kier alpha value is -2.80. The molecular weight excluding hydrogens is 470 g/mol. The fourth-order valence-corrected chi connectivity index (χ4v) is 5.11. The summed E-state index contributed by atoms with van der Waals surface area (Å²) >= 11 is 0. The third kappa shape index (κ3) is 6.95. The van der Waals surface area contributed by atoms with Crippen LogP contribution in [0.3, 0.4) is 0 Å². The number of carbonyl (C=O) groups excluding carboxylic acids is 1. The summed E-state index contributed by atoms with van der Waals surface area (Å²) in [5.74, 6) is -0.837. The summed E-state index contributed by atoms with van der Waals surface area (Å²) < 4.78 is 6.44. The number of carboxylic acid groups (broad SMARTS) is 1. The van der Waals surface area contributed by atoms with Crippen molar-refractivity contribution in [3.8, 4) is 11.5 Å².